The number of benzene rings is 5. The SMILES string of the molecule is Brc1ccc2c(c1)[Si](c1ccccc1)(c1cccc3ccccc13)c1cc(Br)ccc1-2. The molecule has 0 N–H and O–H groups in total. The van der Waals surface area contributed by atoms with Crippen LogP contribution < -0.4 is 20.7 Å². The summed E-state index contributed by atoms with van der Waals surface area (Å²) in [5, 5.41) is 8.42. The van der Waals surface area contributed by atoms with Crippen molar-refractivity contribution in [2.45, 2.75) is 0 Å². The van der Waals surface area contributed by atoms with Crippen molar-refractivity contribution in [3.05, 3.63) is 118 Å². The summed E-state index contributed by atoms with van der Waals surface area (Å²) < 4.78 is 2.26. The van der Waals surface area contributed by atoms with E-state index in [4.69, 9.17) is 0 Å². The zero-order chi connectivity index (χ0) is 21.0. The highest BCUT2D eigenvalue weighted by Crippen LogP contribution is 2.32. The Morgan fingerprint density at radius 2 is 1.06 bits per heavy atom. The van der Waals surface area contributed by atoms with E-state index in [0.717, 1.165) is 8.95 Å². The van der Waals surface area contributed by atoms with Gasteiger partial charge in [0.05, 0.1) is 0 Å². The quantitative estimate of drug-likeness (QED) is 0.246. The molecular weight excluding hydrogens is 524 g/mol. The van der Waals surface area contributed by atoms with Gasteiger partial charge < -0.3 is 0 Å². The average Bonchev–Trinajstić information content (AvgIpc) is 3.08. The molecule has 1 heterocycles. The van der Waals surface area contributed by atoms with E-state index in [0.29, 0.717) is 0 Å². The van der Waals surface area contributed by atoms with Crippen LogP contribution in [0.2, 0.25) is 0 Å². The molecule has 5 aromatic rings. The molecule has 1 aliphatic rings. The lowest BCUT2D eigenvalue weighted by Crippen LogP contribution is -2.73. The average molecular weight is 542 g/mol. The number of halogens is 2. The van der Waals surface area contributed by atoms with Gasteiger partial charge in [0.1, 0.15) is 0 Å². The zero-order valence-corrected chi connectivity index (χ0v) is 20.8. The highest BCUT2D eigenvalue weighted by atomic mass is 79.9. The van der Waals surface area contributed by atoms with Gasteiger partial charge in [0, 0.05) is 8.95 Å². The molecule has 0 saturated carbocycles. The molecule has 0 bridgehead atoms. The number of fused-ring (bicyclic) bond motifs is 4. The van der Waals surface area contributed by atoms with Gasteiger partial charge in [0.15, 0.2) is 8.07 Å². The van der Waals surface area contributed by atoms with Gasteiger partial charge in [0.2, 0.25) is 0 Å². The van der Waals surface area contributed by atoms with E-state index in [2.05, 4.69) is 141 Å². The lowest BCUT2D eigenvalue weighted by atomic mass is 10.1. The Morgan fingerprint density at radius 1 is 0.484 bits per heavy atom. The molecule has 0 aromatic heterocycles. The monoisotopic (exact) mass is 540 g/mol. The van der Waals surface area contributed by atoms with Crippen LogP contribution in [0.5, 0.6) is 0 Å². The minimum atomic E-state index is -2.51. The van der Waals surface area contributed by atoms with Crippen LogP contribution in [0, 0.1) is 0 Å². The van der Waals surface area contributed by atoms with Crippen molar-refractivity contribution in [1.29, 1.82) is 0 Å². The first-order valence-electron chi connectivity index (χ1n) is 10.3. The van der Waals surface area contributed by atoms with E-state index in [1.54, 1.807) is 0 Å². The van der Waals surface area contributed by atoms with Crippen molar-refractivity contribution in [2.24, 2.45) is 0 Å². The van der Waals surface area contributed by atoms with Crippen LogP contribution in [0.4, 0.5) is 0 Å². The maximum Gasteiger partial charge on any atom is 0.181 e. The van der Waals surface area contributed by atoms with E-state index >= 15 is 0 Å². The minimum Gasteiger partial charge on any atom is -0.0623 e. The molecule has 0 radical (unpaired) electrons. The van der Waals surface area contributed by atoms with Crippen molar-refractivity contribution < 1.29 is 0 Å². The first-order chi connectivity index (χ1) is 15.2. The van der Waals surface area contributed by atoms with Gasteiger partial charge in [-0.3, -0.25) is 0 Å². The van der Waals surface area contributed by atoms with E-state index in [-0.39, 0.29) is 0 Å². The van der Waals surface area contributed by atoms with Gasteiger partial charge in [-0.2, -0.15) is 0 Å². The van der Waals surface area contributed by atoms with Gasteiger partial charge in [-0.1, -0.05) is 117 Å². The molecule has 0 amide bonds. The summed E-state index contributed by atoms with van der Waals surface area (Å²) >= 11 is 7.57. The van der Waals surface area contributed by atoms with Crippen molar-refractivity contribution in [1.82, 2.24) is 0 Å². The molecule has 1 aliphatic heterocycles. The second-order valence-corrected chi connectivity index (χ2v) is 13.5. The summed E-state index contributed by atoms with van der Waals surface area (Å²) in [6.45, 7) is 0. The van der Waals surface area contributed by atoms with E-state index in [1.165, 1.54) is 42.6 Å². The molecule has 0 atom stereocenters. The molecule has 0 nitrogen and oxygen atoms in total. The van der Waals surface area contributed by atoms with Crippen LogP contribution >= 0.6 is 31.9 Å². The standard InChI is InChI=1S/C28H18Br2Si/c29-20-13-15-24-25-16-14-21(30)18-28(25)31(27(24)17-20,22-9-2-1-3-10-22)26-12-6-8-19-7-4-5-11-23(19)26/h1-18H. The second kappa shape index (κ2) is 7.30. The van der Waals surface area contributed by atoms with Crippen LogP contribution in [-0.4, -0.2) is 8.07 Å². The third kappa shape index (κ3) is 2.77. The Bertz CT molecular complexity index is 1400. The fraction of sp³-hybridized carbons (Fsp3) is 0. The smallest absolute Gasteiger partial charge is 0.0623 e. The zero-order valence-electron chi connectivity index (χ0n) is 16.6. The normalized spacial score (nSPS) is 13.7. The van der Waals surface area contributed by atoms with Crippen molar-refractivity contribution in [3.63, 3.8) is 0 Å². The Morgan fingerprint density at radius 3 is 1.74 bits per heavy atom. The molecule has 0 aliphatic carbocycles. The lowest BCUT2D eigenvalue weighted by molar-refractivity contribution is 1.65. The predicted octanol–water partition coefficient (Wildman–Crippen LogP) is 5.72. The summed E-state index contributed by atoms with van der Waals surface area (Å²) in [6.07, 6.45) is 0. The van der Waals surface area contributed by atoms with Gasteiger partial charge in [-0.15, -0.1) is 0 Å². The van der Waals surface area contributed by atoms with Crippen LogP contribution in [0.1, 0.15) is 0 Å². The molecule has 0 spiro atoms. The van der Waals surface area contributed by atoms with Crippen LogP contribution in [0.3, 0.4) is 0 Å². The van der Waals surface area contributed by atoms with Gasteiger partial charge in [0.25, 0.3) is 0 Å². The van der Waals surface area contributed by atoms with Gasteiger partial charge in [-0.05, 0) is 66.9 Å². The summed E-state index contributed by atoms with van der Waals surface area (Å²) in [5.41, 5.74) is 2.71. The second-order valence-electron chi connectivity index (χ2n) is 8.02. The van der Waals surface area contributed by atoms with Gasteiger partial charge in [-0.25, -0.2) is 0 Å². The molecule has 0 unspecified atom stereocenters. The highest BCUT2D eigenvalue weighted by Gasteiger charge is 2.49. The van der Waals surface area contributed by atoms with Crippen LogP contribution in [-0.2, 0) is 0 Å². The Labute approximate surface area is 199 Å². The first-order valence-corrected chi connectivity index (χ1v) is 13.9. The third-order valence-corrected chi connectivity index (χ3v) is 12.3. The maximum absolute atomic E-state index is 3.78. The van der Waals surface area contributed by atoms with Crippen LogP contribution in [0.25, 0.3) is 21.9 Å². The maximum atomic E-state index is 3.78. The summed E-state index contributed by atoms with van der Waals surface area (Å²) in [4.78, 5) is 0. The Balaban J connectivity index is 1.87. The van der Waals surface area contributed by atoms with E-state index in [1.807, 2.05) is 0 Å². The summed E-state index contributed by atoms with van der Waals surface area (Å²) in [5.74, 6) is 0. The van der Waals surface area contributed by atoms with Crippen molar-refractivity contribution in [3.8, 4) is 11.1 Å². The predicted molar refractivity (Wildman–Crippen MR) is 142 cm³/mol. The van der Waals surface area contributed by atoms with E-state index < -0.39 is 8.07 Å². The number of hydrogen-bond donors (Lipinski definition) is 0. The topological polar surface area (TPSA) is 0 Å². The largest absolute Gasteiger partial charge is 0.181 e. The van der Waals surface area contributed by atoms with Gasteiger partial charge >= 0.3 is 0 Å². The summed E-state index contributed by atoms with van der Waals surface area (Å²) in [7, 11) is -2.51. The first kappa shape index (κ1) is 19.2. The number of hydrogen-bond acceptors (Lipinski definition) is 0. The van der Waals surface area contributed by atoms with Crippen molar-refractivity contribution >= 4 is 71.5 Å². The molecule has 5 aromatic carbocycles. The molecule has 148 valence electrons. The lowest BCUT2D eigenvalue weighted by Gasteiger charge is -2.32. The minimum absolute atomic E-state index is 1.13. The highest BCUT2D eigenvalue weighted by molar-refractivity contribution is 9.10. The van der Waals surface area contributed by atoms with Crippen molar-refractivity contribution in [2.75, 3.05) is 0 Å². The molecule has 3 heteroatoms. The third-order valence-electron chi connectivity index (χ3n) is 6.46. The van der Waals surface area contributed by atoms with Crippen LogP contribution in [0.15, 0.2) is 118 Å². The molecule has 31 heavy (non-hydrogen) atoms. The fourth-order valence-electron chi connectivity index (χ4n) is 5.27. The fourth-order valence-corrected chi connectivity index (χ4v) is 11.9. The molecule has 0 saturated heterocycles. The molecule has 6 rings (SSSR count). The van der Waals surface area contributed by atoms with E-state index in [9.17, 15) is 0 Å². The summed E-state index contributed by atoms with van der Waals surface area (Å²) in [6, 6.07) is 40.4. The Hall–Kier alpha value is -2.46. The molecule has 0 fully saturated rings. The molecular formula is C28H18Br2Si. The Kier molecular flexibility index (Phi) is 4.53. The number of rotatable bonds is 2.